The number of rotatable bonds is 9. The third kappa shape index (κ3) is 5.85. The number of imidazole rings is 1. The fourth-order valence-electron chi connectivity index (χ4n) is 4.88. The van der Waals surface area contributed by atoms with Gasteiger partial charge in [0.05, 0.1) is 41.0 Å². The molecular weight excluding hydrogens is 552 g/mol. The number of fused-ring (bicyclic) bond motifs is 1. The molecule has 0 aliphatic heterocycles. The molecule has 0 saturated heterocycles. The lowest BCUT2D eigenvalue weighted by Gasteiger charge is -2.11. The summed E-state index contributed by atoms with van der Waals surface area (Å²) in [5.41, 5.74) is 3.65. The van der Waals surface area contributed by atoms with Crippen molar-refractivity contribution >= 4 is 17.0 Å². The Morgan fingerprint density at radius 2 is 1.74 bits per heavy atom. The van der Waals surface area contributed by atoms with Crippen LogP contribution in [0.2, 0.25) is 0 Å². The SMILES string of the molecule is N#Cc1ccc(COc2cccc(-c3ccc(Cc4nc5ccc(C(=O)O)cc5n4Cc4ccco4)c(F)c3)c2)c(F)c1. The summed E-state index contributed by atoms with van der Waals surface area (Å²) in [7, 11) is 0. The number of carboxylic acid groups (broad SMARTS) is 1. The number of ether oxygens (including phenoxy) is 1. The minimum absolute atomic E-state index is 0.0265. The quantitative estimate of drug-likeness (QED) is 0.193. The van der Waals surface area contributed by atoms with Crippen molar-refractivity contribution in [1.29, 1.82) is 5.26 Å². The highest BCUT2D eigenvalue weighted by atomic mass is 19.1. The van der Waals surface area contributed by atoms with Gasteiger partial charge >= 0.3 is 5.97 Å². The maximum atomic E-state index is 15.5. The standard InChI is InChI=1S/C34H23F2N3O4/c35-29-13-21(18-37)6-7-26(29)20-43-27-4-1-3-22(14-27)23-8-9-24(30(36)15-23)17-33-38-31-11-10-25(34(40)41)16-32(31)39(33)19-28-5-2-12-42-28/h1-16H,17,19-20H2,(H,40,41). The Morgan fingerprint density at radius 1 is 0.930 bits per heavy atom. The van der Waals surface area contributed by atoms with E-state index in [2.05, 4.69) is 4.98 Å². The molecule has 9 heteroatoms. The van der Waals surface area contributed by atoms with Crippen molar-refractivity contribution in [2.24, 2.45) is 0 Å². The summed E-state index contributed by atoms with van der Waals surface area (Å²) in [4.78, 5) is 16.3. The summed E-state index contributed by atoms with van der Waals surface area (Å²) in [5.74, 6) is -0.295. The molecule has 0 aliphatic rings. The van der Waals surface area contributed by atoms with Crippen molar-refractivity contribution in [3.63, 3.8) is 0 Å². The van der Waals surface area contributed by atoms with Gasteiger partial charge in [-0.3, -0.25) is 0 Å². The number of carbonyl (C=O) groups is 1. The lowest BCUT2D eigenvalue weighted by Crippen LogP contribution is -2.07. The van der Waals surface area contributed by atoms with Gasteiger partial charge in [0.15, 0.2) is 0 Å². The van der Waals surface area contributed by atoms with Crippen molar-refractivity contribution in [2.45, 2.75) is 19.6 Å². The van der Waals surface area contributed by atoms with E-state index in [1.807, 2.05) is 22.8 Å². The van der Waals surface area contributed by atoms with Crippen LogP contribution in [-0.4, -0.2) is 20.6 Å². The van der Waals surface area contributed by atoms with Gasteiger partial charge in [-0.15, -0.1) is 0 Å². The fraction of sp³-hybridized carbons (Fsp3) is 0.0882. The Morgan fingerprint density at radius 3 is 2.49 bits per heavy atom. The molecule has 0 atom stereocenters. The number of nitrogens with zero attached hydrogens (tertiary/aromatic N) is 3. The second-order valence-corrected chi connectivity index (χ2v) is 9.92. The zero-order valence-electron chi connectivity index (χ0n) is 22.6. The summed E-state index contributed by atoms with van der Waals surface area (Å²) in [6.07, 6.45) is 1.73. The van der Waals surface area contributed by atoms with Gasteiger partial charge in [0.1, 0.15) is 35.6 Å². The van der Waals surface area contributed by atoms with E-state index in [1.165, 1.54) is 30.3 Å². The molecule has 0 saturated carbocycles. The van der Waals surface area contributed by atoms with E-state index < -0.39 is 17.6 Å². The fourth-order valence-corrected chi connectivity index (χ4v) is 4.88. The van der Waals surface area contributed by atoms with Crippen LogP contribution in [0.15, 0.2) is 102 Å². The number of aromatic nitrogens is 2. The van der Waals surface area contributed by atoms with E-state index >= 15 is 4.39 Å². The largest absolute Gasteiger partial charge is 0.489 e. The van der Waals surface area contributed by atoms with Crippen molar-refractivity contribution < 1.29 is 27.8 Å². The van der Waals surface area contributed by atoms with Gasteiger partial charge in [0.2, 0.25) is 0 Å². The first-order chi connectivity index (χ1) is 20.9. The maximum Gasteiger partial charge on any atom is 0.335 e. The number of carboxylic acids is 1. The molecular formula is C34H23F2N3O4. The first-order valence-corrected chi connectivity index (χ1v) is 13.3. The number of hydrogen-bond acceptors (Lipinski definition) is 5. The molecule has 2 heterocycles. The third-order valence-electron chi connectivity index (χ3n) is 7.11. The average Bonchev–Trinajstić information content (AvgIpc) is 3.65. The van der Waals surface area contributed by atoms with E-state index in [0.717, 1.165) is 5.56 Å². The van der Waals surface area contributed by atoms with Gasteiger partial charge in [0, 0.05) is 12.0 Å². The van der Waals surface area contributed by atoms with E-state index in [1.54, 1.807) is 54.8 Å². The van der Waals surface area contributed by atoms with Crippen LogP contribution in [0.4, 0.5) is 8.78 Å². The van der Waals surface area contributed by atoms with Gasteiger partial charge in [0.25, 0.3) is 0 Å². The molecule has 0 spiro atoms. The second kappa shape index (κ2) is 11.6. The predicted molar refractivity (Wildman–Crippen MR) is 155 cm³/mol. The maximum absolute atomic E-state index is 15.5. The van der Waals surface area contributed by atoms with Crippen molar-refractivity contribution in [1.82, 2.24) is 9.55 Å². The molecule has 0 fully saturated rings. The van der Waals surface area contributed by atoms with Crippen molar-refractivity contribution in [2.75, 3.05) is 0 Å². The molecule has 7 nitrogen and oxygen atoms in total. The monoisotopic (exact) mass is 575 g/mol. The minimum Gasteiger partial charge on any atom is -0.489 e. The number of benzene rings is 4. The summed E-state index contributed by atoms with van der Waals surface area (Å²) < 4.78 is 42.9. The van der Waals surface area contributed by atoms with Gasteiger partial charge < -0.3 is 18.8 Å². The minimum atomic E-state index is -1.05. The average molecular weight is 576 g/mol. The zero-order chi connectivity index (χ0) is 29.9. The normalized spacial score (nSPS) is 11.0. The topological polar surface area (TPSA) is 101 Å². The number of halogens is 2. The van der Waals surface area contributed by atoms with Crippen LogP contribution in [0.5, 0.6) is 5.75 Å². The van der Waals surface area contributed by atoms with E-state index in [4.69, 9.17) is 14.4 Å². The molecule has 4 aromatic carbocycles. The Bertz CT molecular complexity index is 2010. The van der Waals surface area contributed by atoms with Gasteiger partial charge in [-0.05, 0) is 77.4 Å². The van der Waals surface area contributed by atoms with Gasteiger partial charge in [-0.1, -0.05) is 30.3 Å². The molecule has 6 aromatic rings. The highest BCUT2D eigenvalue weighted by molar-refractivity contribution is 5.92. The Labute approximate surface area is 244 Å². The molecule has 0 aliphatic carbocycles. The van der Waals surface area contributed by atoms with Crippen LogP contribution in [0, 0.1) is 23.0 Å². The van der Waals surface area contributed by atoms with Crippen molar-refractivity contribution in [3.05, 3.63) is 143 Å². The molecule has 6 rings (SSSR count). The molecule has 0 radical (unpaired) electrons. The lowest BCUT2D eigenvalue weighted by atomic mass is 10.0. The molecule has 212 valence electrons. The lowest BCUT2D eigenvalue weighted by molar-refractivity contribution is 0.0697. The molecule has 0 bridgehead atoms. The summed E-state index contributed by atoms with van der Waals surface area (Å²) in [5, 5.41) is 18.4. The van der Waals surface area contributed by atoms with E-state index in [-0.39, 0.29) is 24.2 Å². The molecule has 43 heavy (non-hydrogen) atoms. The molecule has 1 N–H and O–H groups in total. The van der Waals surface area contributed by atoms with Crippen LogP contribution in [0.25, 0.3) is 22.2 Å². The van der Waals surface area contributed by atoms with E-state index in [9.17, 15) is 14.3 Å². The summed E-state index contributed by atoms with van der Waals surface area (Å²) in [6, 6.07) is 26.4. The van der Waals surface area contributed by atoms with E-state index in [0.29, 0.717) is 51.6 Å². The predicted octanol–water partition coefficient (Wildman–Crippen LogP) is 7.36. The highest BCUT2D eigenvalue weighted by Crippen LogP contribution is 2.28. The van der Waals surface area contributed by atoms with Crippen LogP contribution in [0.3, 0.4) is 0 Å². The van der Waals surface area contributed by atoms with Crippen LogP contribution < -0.4 is 4.74 Å². The highest BCUT2D eigenvalue weighted by Gasteiger charge is 2.17. The molecule has 2 aromatic heterocycles. The Kier molecular flexibility index (Phi) is 7.41. The van der Waals surface area contributed by atoms with Crippen LogP contribution >= 0.6 is 0 Å². The van der Waals surface area contributed by atoms with Crippen LogP contribution in [0.1, 0.15) is 38.6 Å². The number of aromatic carboxylic acids is 1. The van der Waals surface area contributed by atoms with Gasteiger partial charge in [-0.25, -0.2) is 18.6 Å². The Balaban J connectivity index is 1.25. The summed E-state index contributed by atoms with van der Waals surface area (Å²) in [6.45, 7) is 0.280. The zero-order valence-corrected chi connectivity index (χ0v) is 22.6. The molecule has 0 unspecified atom stereocenters. The number of hydrogen-bond donors (Lipinski definition) is 1. The smallest absolute Gasteiger partial charge is 0.335 e. The first kappa shape index (κ1) is 27.4. The Hall–Kier alpha value is -5.75. The molecule has 0 amide bonds. The first-order valence-electron chi connectivity index (χ1n) is 13.3. The number of nitriles is 1. The van der Waals surface area contributed by atoms with Crippen molar-refractivity contribution in [3.8, 4) is 22.9 Å². The number of furan rings is 1. The third-order valence-corrected chi connectivity index (χ3v) is 7.11. The van der Waals surface area contributed by atoms with Crippen LogP contribution in [-0.2, 0) is 19.6 Å². The second-order valence-electron chi connectivity index (χ2n) is 9.92. The van der Waals surface area contributed by atoms with Gasteiger partial charge in [-0.2, -0.15) is 5.26 Å². The summed E-state index contributed by atoms with van der Waals surface area (Å²) >= 11 is 0.